The highest BCUT2D eigenvalue weighted by molar-refractivity contribution is 7.92. The number of nitrogens with two attached hydrogens (primary N) is 1. The first-order valence-electron chi connectivity index (χ1n) is 6.29. The van der Waals surface area contributed by atoms with Crippen LogP contribution in [0.25, 0.3) is 5.69 Å². The number of anilines is 1. The zero-order valence-corrected chi connectivity index (χ0v) is 14.7. The Morgan fingerprint density at radius 1 is 1.11 bits per heavy atom. The summed E-state index contributed by atoms with van der Waals surface area (Å²) in [6.07, 6.45) is -4.89. The fourth-order valence-electron chi connectivity index (χ4n) is 1.97. The molecule has 0 saturated heterocycles. The van der Waals surface area contributed by atoms with Gasteiger partial charge in [-0.1, -0.05) is 23.2 Å². The van der Waals surface area contributed by atoms with Crippen LogP contribution in [-0.4, -0.2) is 23.7 Å². The standard InChI is InChI=1S/C12H4Cl2F6N4O2S/c13-5-2-8(6(14)1-4(5)11(15,16)17)24-10(22)9(7(3-21)23-24)27(25,26)12(18,19)20/h1-2H,22H2. The molecule has 2 N–H and O–H groups in total. The highest BCUT2D eigenvalue weighted by Crippen LogP contribution is 2.41. The van der Waals surface area contributed by atoms with Crippen LogP contribution in [0.3, 0.4) is 0 Å². The van der Waals surface area contributed by atoms with Crippen LogP contribution in [0.4, 0.5) is 32.2 Å². The highest BCUT2D eigenvalue weighted by atomic mass is 35.5. The van der Waals surface area contributed by atoms with Crippen LogP contribution in [0.2, 0.25) is 10.0 Å². The monoisotopic (exact) mass is 452 g/mol. The van der Waals surface area contributed by atoms with Gasteiger partial charge in [0.15, 0.2) is 10.6 Å². The first-order valence-corrected chi connectivity index (χ1v) is 8.53. The fraction of sp³-hybridized carbons (Fsp3) is 0.167. The summed E-state index contributed by atoms with van der Waals surface area (Å²) in [7, 11) is -6.08. The zero-order chi connectivity index (χ0) is 20.9. The molecular weight excluding hydrogens is 449 g/mol. The second-order valence-electron chi connectivity index (χ2n) is 4.82. The molecule has 0 atom stereocenters. The molecule has 15 heteroatoms. The Balaban J connectivity index is 2.81. The second-order valence-corrected chi connectivity index (χ2v) is 7.51. The molecule has 0 spiro atoms. The Bertz CT molecular complexity index is 1070. The minimum absolute atomic E-state index is 0.283. The molecule has 0 bridgehead atoms. The number of sulfone groups is 1. The van der Waals surface area contributed by atoms with Crippen molar-refractivity contribution in [1.82, 2.24) is 9.78 Å². The van der Waals surface area contributed by atoms with Gasteiger partial charge in [-0.3, -0.25) is 0 Å². The second kappa shape index (κ2) is 6.47. The van der Waals surface area contributed by atoms with Crippen molar-refractivity contribution in [3.8, 4) is 11.8 Å². The summed E-state index contributed by atoms with van der Waals surface area (Å²) in [5.74, 6) is -1.18. The van der Waals surface area contributed by atoms with Gasteiger partial charge >= 0.3 is 11.7 Å². The summed E-state index contributed by atoms with van der Waals surface area (Å²) < 4.78 is 100. The van der Waals surface area contributed by atoms with Gasteiger partial charge in [-0.05, 0) is 12.1 Å². The number of aromatic nitrogens is 2. The quantitative estimate of drug-likeness (QED) is 0.695. The molecule has 0 saturated carbocycles. The van der Waals surface area contributed by atoms with Gasteiger partial charge in [-0.15, -0.1) is 0 Å². The summed E-state index contributed by atoms with van der Waals surface area (Å²) >= 11 is 11.2. The van der Waals surface area contributed by atoms with Gasteiger partial charge in [0.1, 0.15) is 11.9 Å². The van der Waals surface area contributed by atoms with Crippen LogP contribution in [0.5, 0.6) is 0 Å². The molecule has 2 aromatic rings. The lowest BCUT2D eigenvalue weighted by Crippen LogP contribution is -2.24. The molecule has 2 rings (SSSR count). The van der Waals surface area contributed by atoms with E-state index in [0.717, 1.165) is 6.07 Å². The Labute approximate surface area is 156 Å². The zero-order valence-electron chi connectivity index (χ0n) is 12.3. The molecule has 1 heterocycles. The molecule has 6 nitrogen and oxygen atoms in total. The number of hydrogen-bond donors (Lipinski definition) is 1. The molecule has 146 valence electrons. The average molecular weight is 453 g/mol. The lowest BCUT2D eigenvalue weighted by molar-refractivity contribution is -0.137. The van der Waals surface area contributed by atoms with Crippen molar-refractivity contribution in [2.45, 2.75) is 16.6 Å². The van der Waals surface area contributed by atoms with Crippen molar-refractivity contribution < 1.29 is 34.8 Å². The SMILES string of the molecule is N#Cc1nn(-c2cc(Cl)c(C(F)(F)F)cc2Cl)c(N)c1S(=O)(=O)C(F)(F)F. The van der Waals surface area contributed by atoms with E-state index in [1.54, 1.807) is 0 Å². The van der Waals surface area contributed by atoms with Gasteiger partial charge in [0.05, 0.1) is 21.3 Å². The van der Waals surface area contributed by atoms with Gasteiger partial charge in [-0.2, -0.15) is 36.7 Å². The van der Waals surface area contributed by atoms with Crippen molar-refractivity contribution in [3.63, 3.8) is 0 Å². The number of benzene rings is 1. The van der Waals surface area contributed by atoms with E-state index in [1.807, 2.05) is 0 Å². The third kappa shape index (κ3) is 3.52. The van der Waals surface area contributed by atoms with Crippen LogP contribution < -0.4 is 5.73 Å². The van der Waals surface area contributed by atoms with Crippen molar-refractivity contribution >= 4 is 38.9 Å². The van der Waals surface area contributed by atoms with E-state index in [9.17, 15) is 34.8 Å². The summed E-state index contributed by atoms with van der Waals surface area (Å²) in [5, 5.41) is 10.6. The van der Waals surface area contributed by atoms with Crippen LogP contribution in [0.15, 0.2) is 17.0 Å². The van der Waals surface area contributed by atoms with Crippen LogP contribution in [0.1, 0.15) is 11.3 Å². The molecule has 1 aromatic heterocycles. The maximum atomic E-state index is 12.8. The Morgan fingerprint density at radius 2 is 1.67 bits per heavy atom. The largest absolute Gasteiger partial charge is 0.502 e. The van der Waals surface area contributed by atoms with E-state index >= 15 is 0 Å². The lowest BCUT2D eigenvalue weighted by atomic mass is 10.2. The maximum absolute atomic E-state index is 12.8. The van der Waals surface area contributed by atoms with Crippen molar-refractivity contribution in [3.05, 3.63) is 33.4 Å². The summed E-state index contributed by atoms with van der Waals surface area (Å²) in [6.45, 7) is 0. The number of halogens is 8. The normalized spacial score (nSPS) is 12.9. The van der Waals surface area contributed by atoms with Crippen molar-refractivity contribution in [2.75, 3.05) is 5.73 Å². The molecule has 0 amide bonds. The lowest BCUT2D eigenvalue weighted by Gasteiger charge is -2.13. The van der Waals surface area contributed by atoms with Crippen molar-refractivity contribution in [2.24, 2.45) is 0 Å². The minimum Gasteiger partial charge on any atom is -0.382 e. The van der Waals surface area contributed by atoms with E-state index in [2.05, 4.69) is 5.10 Å². The van der Waals surface area contributed by atoms with Crippen LogP contribution in [0, 0.1) is 11.3 Å². The van der Waals surface area contributed by atoms with Crippen LogP contribution in [-0.2, 0) is 16.0 Å². The number of nitrogens with zero attached hydrogens (tertiary/aromatic N) is 3. The molecule has 0 fully saturated rings. The first kappa shape index (κ1) is 21.1. The number of rotatable bonds is 2. The number of alkyl halides is 6. The Hall–Kier alpha value is -2.17. The van der Waals surface area contributed by atoms with Crippen LogP contribution >= 0.6 is 23.2 Å². The molecule has 1 aromatic carbocycles. The van der Waals surface area contributed by atoms with Gasteiger partial charge < -0.3 is 5.73 Å². The smallest absolute Gasteiger partial charge is 0.382 e. The van der Waals surface area contributed by atoms with Gasteiger partial charge in [-0.25, -0.2) is 13.1 Å². The average Bonchev–Trinajstić information content (AvgIpc) is 2.84. The molecule has 0 unspecified atom stereocenters. The van der Waals surface area contributed by atoms with E-state index in [-0.39, 0.29) is 4.68 Å². The van der Waals surface area contributed by atoms with E-state index in [0.29, 0.717) is 12.1 Å². The predicted octanol–water partition coefficient (Wildman–Crippen LogP) is 3.95. The maximum Gasteiger partial charge on any atom is 0.502 e. The minimum atomic E-state index is -6.08. The van der Waals surface area contributed by atoms with Crippen molar-refractivity contribution in [1.29, 1.82) is 5.26 Å². The molecule has 0 aliphatic heterocycles. The third-order valence-electron chi connectivity index (χ3n) is 3.13. The highest BCUT2D eigenvalue weighted by Gasteiger charge is 2.51. The molecular formula is C12H4Cl2F6N4O2S. The Kier molecular flexibility index (Phi) is 5.06. The topological polar surface area (TPSA) is 102 Å². The molecule has 0 radical (unpaired) electrons. The number of nitriles is 1. The summed E-state index contributed by atoms with van der Waals surface area (Å²) in [6, 6.07) is 2.05. The van der Waals surface area contributed by atoms with Gasteiger partial charge in [0.25, 0.3) is 9.84 Å². The van der Waals surface area contributed by atoms with Gasteiger partial charge in [0, 0.05) is 0 Å². The molecule has 0 aliphatic carbocycles. The number of hydrogen-bond acceptors (Lipinski definition) is 5. The summed E-state index contributed by atoms with van der Waals surface area (Å²) in [4.78, 5) is -1.65. The molecule has 0 aliphatic rings. The Morgan fingerprint density at radius 3 is 2.11 bits per heavy atom. The van der Waals surface area contributed by atoms with E-state index in [1.165, 1.54) is 0 Å². The third-order valence-corrected chi connectivity index (χ3v) is 5.29. The van der Waals surface area contributed by atoms with E-state index in [4.69, 9.17) is 34.2 Å². The summed E-state index contributed by atoms with van der Waals surface area (Å²) in [5.41, 5.74) is -3.56. The number of nitrogen functional groups attached to an aromatic ring is 1. The van der Waals surface area contributed by atoms with E-state index < -0.39 is 59.2 Å². The fourth-order valence-corrected chi connectivity index (χ4v) is 3.41. The predicted molar refractivity (Wildman–Crippen MR) is 81.0 cm³/mol. The first-order chi connectivity index (χ1) is 12.1. The van der Waals surface area contributed by atoms with Gasteiger partial charge in [0.2, 0.25) is 0 Å². The molecule has 27 heavy (non-hydrogen) atoms.